The first-order valence-corrected chi connectivity index (χ1v) is 8.26. The Balaban J connectivity index is 2.09. The first kappa shape index (κ1) is 15.6. The van der Waals surface area contributed by atoms with Crippen LogP contribution in [0.1, 0.15) is 13.8 Å². The van der Waals surface area contributed by atoms with Gasteiger partial charge in [0.05, 0.1) is 15.5 Å². The Morgan fingerprint density at radius 1 is 1.40 bits per heavy atom. The van der Waals surface area contributed by atoms with Gasteiger partial charge in [0.2, 0.25) is 0 Å². The van der Waals surface area contributed by atoms with Gasteiger partial charge in [0.15, 0.2) is 0 Å². The van der Waals surface area contributed by atoms with E-state index in [4.69, 9.17) is 23.2 Å². The fourth-order valence-electron chi connectivity index (χ4n) is 2.04. The van der Waals surface area contributed by atoms with Gasteiger partial charge in [-0.25, -0.2) is 4.79 Å². The molecule has 0 radical (unpaired) electrons. The molecule has 0 aliphatic carbocycles. The van der Waals surface area contributed by atoms with Gasteiger partial charge in [0.1, 0.15) is 0 Å². The largest absolute Gasteiger partial charge is 0.322 e. The standard InChI is InChI=1S/C13H16Cl2N2O2S/c1-13(2)8-17(5-6-20(13)19)12(18)16-11-7-9(14)3-4-10(11)15/h3-4,7H,5-6,8H2,1-2H3,(H,16,18). The molecule has 4 nitrogen and oxygen atoms in total. The fourth-order valence-corrected chi connectivity index (χ4v) is 3.62. The quantitative estimate of drug-likeness (QED) is 0.855. The van der Waals surface area contributed by atoms with Crippen molar-refractivity contribution in [2.24, 2.45) is 0 Å². The van der Waals surface area contributed by atoms with E-state index in [1.54, 1.807) is 23.1 Å². The van der Waals surface area contributed by atoms with E-state index in [9.17, 15) is 9.00 Å². The maximum Gasteiger partial charge on any atom is 0.321 e. The molecular weight excluding hydrogens is 319 g/mol. The van der Waals surface area contributed by atoms with Crippen LogP contribution in [0.25, 0.3) is 0 Å². The first-order valence-electron chi connectivity index (χ1n) is 6.19. The lowest BCUT2D eigenvalue weighted by atomic mass is 10.2. The molecule has 1 aromatic rings. The van der Waals surface area contributed by atoms with Gasteiger partial charge in [-0.1, -0.05) is 23.2 Å². The topological polar surface area (TPSA) is 49.4 Å². The zero-order valence-electron chi connectivity index (χ0n) is 11.3. The number of nitrogens with one attached hydrogen (secondary N) is 1. The summed E-state index contributed by atoms with van der Waals surface area (Å²) in [5.41, 5.74) is 0.480. The average molecular weight is 335 g/mol. The molecule has 0 aromatic heterocycles. The molecular formula is C13H16Cl2N2O2S. The van der Waals surface area contributed by atoms with Crippen LogP contribution in [0.5, 0.6) is 0 Å². The van der Waals surface area contributed by atoms with Gasteiger partial charge in [0.25, 0.3) is 0 Å². The minimum atomic E-state index is -0.911. The van der Waals surface area contributed by atoms with Gasteiger partial charge < -0.3 is 10.2 Å². The third-order valence-electron chi connectivity index (χ3n) is 3.19. The van der Waals surface area contributed by atoms with Gasteiger partial charge >= 0.3 is 6.03 Å². The fraction of sp³-hybridized carbons (Fsp3) is 0.462. The van der Waals surface area contributed by atoms with E-state index >= 15 is 0 Å². The highest BCUT2D eigenvalue weighted by molar-refractivity contribution is 7.86. The van der Waals surface area contributed by atoms with Crippen LogP contribution in [-0.2, 0) is 10.8 Å². The summed E-state index contributed by atoms with van der Waals surface area (Å²) < 4.78 is 11.5. The molecule has 1 aliphatic rings. The van der Waals surface area contributed by atoms with Crippen LogP contribution < -0.4 is 5.32 Å². The smallest absolute Gasteiger partial charge is 0.321 e. The molecule has 20 heavy (non-hydrogen) atoms. The number of carbonyl (C=O) groups is 1. The van der Waals surface area contributed by atoms with Gasteiger partial charge in [-0.15, -0.1) is 0 Å². The molecule has 1 aliphatic heterocycles. The second kappa shape index (κ2) is 5.92. The summed E-state index contributed by atoms with van der Waals surface area (Å²) in [5.74, 6) is 0.490. The molecule has 1 heterocycles. The van der Waals surface area contributed by atoms with Crippen molar-refractivity contribution < 1.29 is 9.00 Å². The van der Waals surface area contributed by atoms with Crippen LogP contribution in [0.15, 0.2) is 18.2 Å². The van der Waals surface area contributed by atoms with E-state index in [1.807, 2.05) is 13.8 Å². The Morgan fingerprint density at radius 3 is 2.75 bits per heavy atom. The lowest BCUT2D eigenvalue weighted by Crippen LogP contribution is -2.53. The Hall–Kier alpha value is -0.780. The van der Waals surface area contributed by atoms with E-state index < -0.39 is 15.5 Å². The zero-order valence-corrected chi connectivity index (χ0v) is 13.6. The van der Waals surface area contributed by atoms with Crippen molar-refractivity contribution in [1.29, 1.82) is 0 Å². The predicted molar refractivity (Wildman–Crippen MR) is 84.1 cm³/mol. The maximum atomic E-state index is 12.2. The van der Waals surface area contributed by atoms with Crippen molar-refractivity contribution in [3.63, 3.8) is 0 Å². The van der Waals surface area contributed by atoms with Crippen molar-refractivity contribution in [2.45, 2.75) is 18.6 Å². The number of hydrogen-bond acceptors (Lipinski definition) is 2. The summed E-state index contributed by atoms with van der Waals surface area (Å²) in [7, 11) is -0.911. The third-order valence-corrected chi connectivity index (χ3v) is 5.67. The number of hydrogen-bond donors (Lipinski definition) is 1. The molecule has 2 rings (SSSR count). The summed E-state index contributed by atoms with van der Waals surface area (Å²) in [6, 6.07) is 4.65. The molecule has 0 spiro atoms. The molecule has 1 fully saturated rings. The predicted octanol–water partition coefficient (Wildman–Crippen LogP) is 3.37. The van der Waals surface area contributed by atoms with Gasteiger partial charge in [-0.05, 0) is 32.0 Å². The highest BCUT2D eigenvalue weighted by Crippen LogP contribution is 2.26. The number of amides is 2. The van der Waals surface area contributed by atoms with Crippen LogP contribution in [0.3, 0.4) is 0 Å². The molecule has 1 N–H and O–H groups in total. The van der Waals surface area contributed by atoms with Crippen molar-refractivity contribution in [3.05, 3.63) is 28.2 Å². The molecule has 0 saturated carbocycles. The van der Waals surface area contributed by atoms with Crippen molar-refractivity contribution in [1.82, 2.24) is 4.90 Å². The minimum absolute atomic E-state index is 0.251. The van der Waals surface area contributed by atoms with E-state index in [0.29, 0.717) is 34.6 Å². The molecule has 1 unspecified atom stereocenters. The van der Waals surface area contributed by atoms with Crippen LogP contribution in [0, 0.1) is 0 Å². The molecule has 1 saturated heterocycles. The Morgan fingerprint density at radius 2 is 2.10 bits per heavy atom. The summed E-state index contributed by atoms with van der Waals surface area (Å²) in [5, 5.41) is 3.68. The highest BCUT2D eigenvalue weighted by Gasteiger charge is 2.35. The van der Waals surface area contributed by atoms with Crippen LogP contribution >= 0.6 is 23.2 Å². The SMILES string of the molecule is CC1(C)CN(C(=O)Nc2cc(Cl)ccc2Cl)CCS1=O. The second-order valence-corrected chi connectivity index (χ2v) is 8.33. The molecule has 1 atom stereocenters. The number of carbonyl (C=O) groups excluding carboxylic acids is 1. The molecule has 110 valence electrons. The zero-order chi connectivity index (χ0) is 14.9. The van der Waals surface area contributed by atoms with Gasteiger partial charge in [0, 0.05) is 34.7 Å². The third kappa shape index (κ3) is 3.45. The normalized spacial score (nSPS) is 21.6. The molecule has 2 amide bonds. The summed E-state index contributed by atoms with van der Waals surface area (Å²) in [6.45, 7) is 4.72. The monoisotopic (exact) mass is 334 g/mol. The van der Waals surface area contributed by atoms with E-state index in [0.717, 1.165) is 0 Å². The van der Waals surface area contributed by atoms with E-state index in [1.165, 1.54) is 0 Å². The second-order valence-electron chi connectivity index (χ2n) is 5.29. The van der Waals surface area contributed by atoms with Crippen molar-refractivity contribution >= 4 is 45.7 Å². The number of benzene rings is 1. The van der Waals surface area contributed by atoms with Crippen molar-refractivity contribution in [2.75, 3.05) is 24.2 Å². The highest BCUT2D eigenvalue weighted by atomic mass is 35.5. The number of rotatable bonds is 1. The number of anilines is 1. The Bertz CT molecular complexity index is 563. The van der Waals surface area contributed by atoms with Crippen molar-refractivity contribution in [3.8, 4) is 0 Å². The van der Waals surface area contributed by atoms with E-state index in [2.05, 4.69) is 5.32 Å². The summed E-state index contributed by atoms with van der Waals surface area (Å²) >= 11 is 11.9. The molecule has 0 bridgehead atoms. The first-order chi connectivity index (χ1) is 9.29. The maximum absolute atomic E-state index is 12.2. The minimum Gasteiger partial charge on any atom is -0.322 e. The Kier molecular flexibility index (Phi) is 4.62. The number of urea groups is 1. The van der Waals surface area contributed by atoms with Crippen LogP contribution in [0.4, 0.5) is 10.5 Å². The van der Waals surface area contributed by atoms with Crippen LogP contribution in [0.2, 0.25) is 10.0 Å². The lowest BCUT2D eigenvalue weighted by molar-refractivity contribution is 0.207. The molecule has 7 heteroatoms. The summed E-state index contributed by atoms with van der Waals surface area (Å²) in [6.07, 6.45) is 0. The van der Waals surface area contributed by atoms with E-state index in [-0.39, 0.29) is 6.03 Å². The lowest BCUT2D eigenvalue weighted by Gasteiger charge is -2.37. The average Bonchev–Trinajstić information content (AvgIpc) is 2.37. The summed E-state index contributed by atoms with van der Waals surface area (Å²) in [4.78, 5) is 13.9. The van der Waals surface area contributed by atoms with Gasteiger partial charge in [-0.2, -0.15) is 0 Å². The van der Waals surface area contributed by atoms with Crippen LogP contribution in [-0.4, -0.2) is 38.7 Å². The Labute approximate surface area is 130 Å². The number of halogens is 2. The van der Waals surface area contributed by atoms with Gasteiger partial charge in [-0.3, -0.25) is 4.21 Å². The number of nitrogens with zero attached hydrogens (tertiary/aromatic N) is 1. The molecule has 1 aromatic carbocycles.